The standard InChI is InChI=1S/C17H17N5O2S/c1-10-8-13(23)22(21-16(10)24)15-12(9-18)17(25-2)20-14(19-15)11-6-4-3-5-7-11/h3-6,8,11,14,19H,7H2,1-2H3,(H,21,24). The van der Waals surface area contributed by atoms with E-state index in [2.05, 4.69) is 21.5 Å². The van der Waals surface area contributed by atoms with Crippen molar-refractivity contribution in [1.29, 1.82) is 5.26 Å². The molecule has 2 heterocycles. The molecular formula is C17H17N5O2S. The first-order valence-electron chi connectivity index (χ1n) is 7.75. The van der Waals surface area contributed by atoms with Gasteiger partial charge in [0, 0.05) is 17.5 Å². The zero-order chi connectivity index (χ0) is 18.0. The third-order valence-electron chi connectivity index (χ3n) is 4.07. The Balaban J connectivity index is 2.12. The lowest BCUT2D eigenvalue weighted by molar-refractivity contribution is 0.458. The van der Waals surface area contributed by atoms with Gasteiger partial charge in [-0.15, -0.1) is 11.8 Å². The van der Waals surface area contributed by atoms with Crippen molar-refractivity contribution in [2.45, 2.75) is 19.5 Å². The summed E-state index contributed by atoms with van der Waals surface area (Å²) in [6.07, 6.45) is 10.3. The second kappa shape index (κ2) is 6.99. The van der Waals surface area contributed by atoms with Crippen LogP contribution in [0, 0.1) is 24.2 Å². The smallest absolute Gasteiger partial charge is 0.271 e. The summed E-state index contributed by atoms with van der Waals surface area (Å²) in [4.78, 5) is 28.9. The molecule has 1 aliphatic carbocycles. The van der Waals surface area contributed by atoms with Crippen molar-refractivity contribution < 1.29 is 0 Å². The Hall–Kier alpha value is -2.79. The van der Waals surface area contributed by atoms with Crippen molar-refractivity contribution in [1.82, 2.24) is 15.1 Å². The van der Waals surface area contributed by atoms with Gasteiger partial charge in [0.05, 0.1) is 0 Å². The first-order valence-corrected chi connectivity index (χ1v) is 8.97. The molecule has 0 radical (unpaired) electrons. The molecule has 3 rings (SSSR count). The molecule has 0 aromatic carbocycles. The molecule has 0 fully saturated rings. The number of nitrogens with one attached hydrogen (secondary N) is 2. The van der Waals surface area contributed by atoms with E-state index in [1.54, 1.807) is 6.92 Å². The number of nitriles is 1. The van der Waals surface area contributed by atoms with Gasteiger partial charge in [0.1, 0.15) is 22.9 Å². The fourth-order valence-electron chi connectivity index (χ4n) is 2.73. The van der Waals surface area contributed by atoms with Gasteiger partial charge < -0.3 is 5.32 Å². The van der Waals surface area contributed by atoms with E-state index in [-0.39, 0.29) is 29.0 Å². The second-order valence-corrected chi connectivity index (χ2v) is 6.51. The number of hydrogen-bond acceptors (Lipinski definition) is 6. The lowest BCUT2D eigenvalue weighted by Crippen LogP contribution is -2.43. The number of aromatic nitrogens is 2. The predicted molar refractivity (Wildman–Crippen MR) is 99.1 cm³/mol. The van der Waals surface area contributed by atoms with Crippen LogP contribution >= 0.6 is 11.8 Å². The highest BCUT2D eigenvalue weighted by molar-refractivity contribution is 8.13. The minimum atomic E-state index is -0.410. The molecular weight excluding hydrogens is 338 g/mol. The van der Waals surface area contributed by atoms with Gasteiger partial charge in [-0.25, -0.2) is 0 Å². The van der Waals surface area contributed by atoms with Gasteiger partial charge in [-0.05, 0) is 19.6 Å². The summed E-state index contributed by atoms with van der Waals surface area (Å²) in [6.45, 7) is 1.56. The molecule has 0 saturated carbocycles. The van der Waals surface area contributed by atoms with Crippen LogP contribution in [0.4, 0.5) is 0 Å². The minimum absolute atomic E-state index is 0.0928. The average molecular weight is 355 g/mol. The molecule has 8 heteroatoms. The zero-order valence-electron chi connectivity index (χ0n) is 13.8. The van der Waals surface area contributed by atoms with Crippen LogP contribution in [-0.4, -0.2) is 27.2 Å². The number of thioether (sulfide) groups is 1. The Bertz CT molecular complexity index is 974. The molecule has 0 bridgehead atoms. The number of hydrogen-bond donors (Lipinski definition) is 2. The monoisotopic (exact) mass is 355 g/mol. The van der Waals surface area contributed by atoms with E-state index < -0.39 is 5.56 Å². The minimum Gasteiger partial charge on any atom is -0.347 e. The van der Waals surface area contributed by atoms with E-state index in [0.29, 0.717) is 10.6 Å². The Morgan fingerprint density at radius 2 is 2.20 bits per heavy atom. The van der Waals surface area contributed by atoms with Gasteiger partial charge in [-0.2, -0.15) is 9.94 Å². The van der Waals surface area contributed by atoms with E-state index in [1.165, 1.54) is 17.8 Å². The van der Waals surface area contributed by atoms with E-state index >= 15 is 0 Å². The van der Waals surface area contributed by atoms with E-state index in [1.807, 2.05) is 30.6 Å². The highest BCUT2D eigenvalue weighted by atomic mass is 32.2. The topological polar surface area (TPSA) is 103 Å². The highest BCUT2D eigenvalue weighted by Crippen LogP contribution is 2.26. The maximum Gasteiger partial charge on any atom is 0.271 e. The van der Waals surface area contributed by atoms with Crippen molar-refractivity contribution >= 4 is 22.6 Å². The van der Waals surface area contributed by atoms with Gasteiger partial charge in [0.2, 0.25) is 0 Å². The van der Waals surface area contributed by atoms with E-state index in [4.69, 9.17) is 0 Å². The lowest BCUT2D eigenvalue weighted by atomic mass is 9.97. The van der Waals surface area contributed by atoms with Gasteiger partial charge in [0.25, 0.3) is 11.1 Å². The van der Waals surface area contributed by atoms with Gasteiger partial charge in [-0.3, -0.25) is 19.7 Å². The molecule has 25 heavy (non-hydrogen) atoms. The fraction of sp³-hybridized carbons (Fsp3) is 0.294. The molecule has 2 atom stereocenters. The average Bonchev–Trinajstić information content (AvgIpc) is 2.64. The lowest BCUT2D eigenvalue weighted by Gasteiger charge is -2.30. The summed E-state index contributed by atoms with van der Waals surface area (Å²) >= 11 is 1.34. The Labute approximate surface area is 148 Å². The summed E-state index contributed by atoms with van der Waals surface area (Å²) in [5, 5.41) is 15.8. The SMILES string of the molecule is CSC1=NC(C2C=CC=CC2)NC(n2[nH]c(=O)c(C)cc2=O)=C1C#N. The van der Waals surface area contributed by atoms with Crippen LogP contribution in [0.5, 0.6) is 0 Å². The fourth-order valence-corrected chi connectivity index (χ4v) is 3.30. The van der Waals surface area contributed by atoms with E-state index in [9.17, 15) is 14.9 Å². The number of nitrogens with zero attached hydrogens (tertiary/aromatic N) is 3. The molecule has 1 aromatic rings. The van der Waals surface area contributed by atoms with Crippen LogP contribution < -0.4 is 16.4 Å². The summed E-state index contributed by atoms with van der Waals surface area (Å²) in [6, 6.07) is 3.35. The molecule has 1 aliphatic heterocycles. The molecule has 2 N–H and O–H groups in total. The van der Waals surface area contributed by atoms with Crippen molar-refractivity contribution in [3.05, 3.63) is 62.2 Å². The van der Waals surface area contributed by atoms with Crippen LogP contribution in [0.2, 0.25) is 0 Å². The maximum absolute atomic E-state index is 12.4. The molecule has 0 spiro atoms. The number of aliphatic imine (C=N–C) groups is 1. The predicted octanol–water partition coefficient (Wildman–Crippen LogP) is 1.36. The van der Waals surface area contributed by atoms with Crippen LogP contribution in [0.3, 0.4) is 0 Å². The summed E-state index contributed by atoms with van der Waals surface area (Å²) in [7, 11) is 0. The van der Waals surface area contributed by atoms with Gasteiger partial charge >= 0.3 is 0 Å². The third-order valence-corrected chi connectivity index (χ3v) is 4.77. The zero-order valence-corrected chi connectivity index (χ0v) is 14.6. The molecule has 0 saturated heterocycles. The van der Waals surface area contributed by atoms with Gasteiger partial charge in [0.15, 0.2) is 5.82 Å². The Kier molecular flexibility index (Phi) is 4.76. The molecule has 2 unspecified atom stereocenters. The number of rotatable bonds is 2. The Morgan fingerprint density at radius 1 is 1.40 bits per heavy atom. The van der Waals surface area contributed by atoms with Crippen LogP contribution in [0.15, 0.2) is 50.5 Å². The maximum atomic E-state index is 12.4. The van der Waals surface area contributed by atoms with Crippen molar-refractivity contribution in [2.24, 2.45) is 10.9 Å². The summed E-state index contributed by atoms with van der Waals surface area (Å²) < 4.78 is 1.09. The first-order chi connectivity index (χ1) is 12.0. The number of aromatic amines is 1. The molecule has 128 valence electrons. The van der Waals surface area contributed by atoms with Crippen molar-refractivity contribution in [3.8, 4) is 6.07 Å². The quantitative estimate of drug-likeness (QED) is 0.834. The number of H-pyrrole nitrogens is 1. The second-order valence-electron chi connectivity index (χ2n) is 5.72. The van der Waals surface area contributed by atoms with Crippen LogP contribution in [0.1, 0.15) is 12.0 Å². The summed E-state index contributed by atoms with van der Waals surface area (Å²) in [5.74, 6) is 0.354. The third kappa shape index (κ3) is 3.23. The highest BCUT2D eigenvalue weighted by Gasteiger charge is 2.29. The molecule has 2 aliphatic rings. The van der Waals surface area contributed by atoms with Crippen LogP contribution in [0.25, 0.3) is 5.82 Å². The molecule has 1 aromatic heterocycles. The molecule has 7 nitrogen and oxygen atoms in total. The van der Waals surface area contributed by atoms with E-state index in [0.717, 1.165) is 11.1 Å². The molecule has 0 amide bonds. The largest absolute Gasteiger partial charge is 0.347 e. The first kappa shape index (κ1) is 17.0. The van der Waals surface area contributed by atoms with Crippen LogP contribution in [-0.2, 0) is 0 Å². The normalized spacial score (nSPS) is 22.4. The van der Waals surface area contributed by atoms with Gasteiger partial charge in [-0.1, -0.05) is 24.3 Å². The number of allylic oxidation sites excluding steroid dienone is 3. The number of aryl methyl sites for hydroxylation is 1. The van der Waals surface area contributed by atoms with Crippen molar-refractivity contribution in [2.75, 3.05) is 6.26 Å². The summed E-state index contributed by atoms with van der Waals surface area (Å²) in [5.41, 5.74) is -0.225. The Morgan fingerprint density at radius 3 is 2.84 bits per heavy atom. The van der Waals surface area contributed by atoms with Crippen molar-refractivity contribution in [3.63, 3.8) is 0 Å².